The van der Waals surface area contributed by atoms with Gasteiger partial charge in [0.05, 0.1) is 6.61 Å². The van der Waals surface area contributed by atoms with Crippen molar-refractivity contribution in [2.45, 2.75) is 25.3 Å². The number of ether oxygens (including phenoxy) is 1. The van der Waals surface area contributed by atoms with Gasteiger partial charge in [0.25, 0.3) is 0 Å². The zero-order valence-corrected chi connectivity index (χ0v) is 7.97. The minimum atomic E-state index is -0.0432. The SMILES string of the molecule is COCCC1CNC(C)(CO)C1. The average Bonchev–Trinajstić information content (AvgIpc) is 2.45. The van der Waals surface area contributed by atoms with Crippen LogP contribution in [0.15, 0.2) is 0 Å². The molecule has 2 N–H and O–H groups in total. The lowest BCUT2D eigenvalue weighted by Crippen LogP contribution is -2.39. The maximum absolute atomic E-state index is 9.07. The van der Waals surface area contributed by atoms with Gasteiger partial charge in [-0.2, -0.15) is 0 Å². The molecular weight excluding hydrogens is 154 g/mol. The second-order valence-corrected chi connectivity index (χ2v) is 3.95. The maximum Gasteiger partial charge on any atom is 0.0610 e. The van der Waals surface area contributed by atoms with Gasteiger partial charge in [-0.3, -0.25) is 0 Å². The van der Waals surface area contributed by atoms with Gasteiger partial charge in [-0.1, -0.05) is 0 Å². The van der Waals surface area contributed by atoms with E-state index in [-0.39, 0.29) is 12.1 Å². The second-order valence-electron chi connectivity index (χ2n) is 3.95. The van der Waals surface area contributed by atoms with Crippen LogP contribution in [0.4, 0.5) is 0 Å². The van der Waals surface area contributed by atoms with Crippen LogP contribution in [0.25, 0.3) is 0 Å². The van der Waals surface area contributed by atoms with Crippen molar-refractivity contribution in [3.63, 3.8) is 0 Å². The van der Waals surface area contributed by atoms with Gasteiger partial charge in [-0.05, 0) is 32.2 Å². The van der Waals surface area contributed by atoms with Crippen molar-refractivity contribution in [1.82, 2.24) is 5.32 Å². The molecule has 1 rings (SSSR count). The average molecular weight is 173 g/mol. The molecule has 0 bridgehead atoms. The minimum absolute atomic E-state index is 0.0432. The molecule has 1 saturated heterocycles. The molecule has 1 aliphatic heterocycles. The number of hydrogen-bond acceptors (Lipinski definition) is 3. The van der Waals surface area contributed by atoms with Crippen molar-refractivity contribution in [2.24, 2.45) is 5.92 Å². The second kappa shape index (κ2) is 4.21. The van der Waals surface area contributed by atoms with Crippen molar-refractivity contribution >= 4 is 0 Å². The lowest BCUT2D eigenvalue weighted by molar-refractivity contribution is 0.169. The van der Waals surface area contributed by atoms with Gasteiger partial charge in [0.1, 0.15) is 0 Å². The molecule has 0 saturated carbocycles. The molecule has 1 fully saturated rings. The zero-order valence-electron chi connectivity index (χ0n) is 7.97. The Hall–Kier alpha value is -0.120. The van der Waals surface area contributed by atoms with Crippen molar-refractivity contribution in [1.29, 1.82) is 0 Å². The third kappa shape index (κ3) is 2.44. The Labute approximate surface area is 74.1 Å². The Kier molecular flexibility index (Phi) is 3.50. The first-order chi connectivity index (χ1) is 5.70. The van der Waals surface area contributed by atoms with Crippen LogP contribution in [0.2, 0.25) is 0 Å². The molecule has 12 heavy (non-hydrogen) atoms. The summed E-state index contributed by atoms with van der Waals surface area (Å²) in [6.07, 6.45) is 2.16. The lowest BCUT2D eigenvalue weighted by Gasteiger charge is -2.20. The third-order valence-electron chi connectivity index (χ3n) is 2.64. The molecule has 72 valence electrons. The van der Waals surface area contributed by atoms with E-state index in [1.165, 1.54) is 0 Å². The van der Waals surface area contributed by atoms with Gasteiger partial charge in [0.2, 0.25) is 0 Å². The quantitative estimate of drug-likeness (QED) is 0.646. The molecule has 1 aliphatic rings. The third-order valence-corrected chi connectivity index (χ3v) is 2.64. The number of aliphatic hydroxyl groups excluding tert-OH is 1. The van der Waals surface area contributed by atoms with Gasteiger partial charge in [0.15, 0.2) is 0 Å². The number of rotatable bonds is 4. The molecule has 0 amide bonds. The van der Waals surface area contributed by atoms with Crippen molar-refractivity contribution in [3.8, 4) is 0 Å². The first-order valence-corrected chi connectivity index (χ1v) is 4.55. The molecule has 2 atom stereocenters. The van der Waals surface area contributed by atoms with Crippen molar-refractivity contribution < 1.29 is 9.84 Å². The fraction of sp³-hybridized carbons (Fsp3) is 1.00. The van der Waals surface area contributed by atoms with Crippen LogP contribution in [0.3, 0.4) is 0 Å². The Morgan fingerprint density at radius 1 is 1.67 bits per heavy atom. The topological polar surface area (TPSA) is 41.5 Å². The molecular formula is C9H19NO2. The Morgan fingerprint density at radius 3 is 2.92 bits per heavy atom. The van der Waals surface area contributed by atoms with E-state index in [0.717, 1.165) is 26.0 Å². The van der Waals surface area contributed by atoms with E-state index in [0.29, 0.717) is 5.92 Å². The predicted octanol–water partition coefficient (Wildman–Crippen LogP) is 0.383. The van der Waals surface area contributed by atoms with Crippen LogP contribution in [-0.4, -0.2) is 37.5 Å². The molecule has 1 heterocycles. The van der Waals surface area contributed by atoms with E-state index in [1.54, 1.807) is 7.11 Å². The highest BCUT2D eigenvalue weighted by molar-refractivity contribution is 4.92. The largest absolute Gasteiger partial charge is 0.394 e. The molecule has 3 nitrogen and oxygen atoms in total. The van der Waals surface area contributed by atoms with E-state index < -0.39 is 0 Å². The first-order valence-electron chi connectivity index (χ1n) is 4.55. The van der Waals surface area contributed by atoms with Gasteiger partial charge in [-0.25, -0.2) is 0 Å². The van der Waals surface area contributed by atoms with Crippen LogP contribution in [-0.2, 0) is 4.74 Å². The van der Waals surface area contributed by atoms with Crippen LogP contribution in [0, 0.1) is 5.92 Å². The highest BCUT2D eigenvalue weighted by atomic mass is 16.5. The first kappa shape index (κ1) is 9.96. The van der Waals surface area contributed by atoms with Gasteiger partial charge < -0.3 is 15.2 Å². The molecule has 0 aromatic heterocycles. The standard InChI is InChI=1S/C9H19NO2/c1-9(7-11)5-8(6-10-9)3-4-12-2/h8,10-11H,3-7H2,1-2H3. The predicted molar refractivity (Wildman–Crippen MR) is 48.1 cm³/mol. The van der Waals surface area contributed by atoms with Crippen LogP contribution in [0.1, 0.15) is 19.8 Å². The normalized spacial score (nSPS) is 35.8. The van der Waals surface area contributed by atoms with E-state index in [2.05, 4.69) is 12.2 Å². The summed E-state index contributed by atoms with van der Waals surface area (Å²) in [7, 11) is 1.73. The number of nitrogens with one attached hydrogen (secondary N) is 1. The lowest BCUT2D eigenvalue weighted by atomic mass is 9.94. The van der Waals surface area contributed by atoms with E-state index in [9.17, 15) is 0 Å². The van der Waals surface area contributed by atoms with Gasteiger partial charge >= 0.3 is 0 Å². The summed E-state index contributed by atoms with van der Waals surface area (Å²) in [5.74, 6) is 0.669. The fourth-order valence-corrected chi connectivity index (χ4v) is 1.78. The molecule has 2 unspecified atom stereocenters. The van der Waals surface area contributed by atoms with Crippen molar-refractivity contribution in [2.75, 3.05) is 26.9 Å². The number of aliphatic hydroxyl groups is 1. The van der Waals surface area contributed by atoms with Gasteiger partial charge in [-0.15, -0.1) is 0 Å². The van der Waals surface area contributed by atoms with E-state index >= 15 is 0 Å². The highest BCUT2D eigenvalue weighted by Crippen LogP contribution is 2.25. The summed E-state index contributed by atoms with van der Waals surface area (Å²) >= 11 is 0. The number of methoxy groups -OCH3 is 1. The summed E-state index contributed by atoms with van der Waals surface area (Å²) < 4.78 is 5.02. The monoisotopic (exact) mass is 173 g/mol. The summed E-state index contributed by atoms with van der Waals surface area (Å²) in [4.78, 5) is 0. The summed E-state index contributed by atoms with van der Waals surface area (Å²) in [6.45, 7) is 4.14. The van der Waals surface area contributed by atoms with E-state index in [4.69, 9.17) is 9.84 Å². The summed E-state index contributed by atoms with van der Waals surface area (Å²) in [5, 5.41) is 12.4. The van der Waals surface area contributed by atoms with Gasteiger partial charge in [0, 0.05) is 19.3 Å². The Bertz CT molecular complexity index is 138. The van der Waals surface area contributed by atoms with Crippen molar-refractivity contribution in [3.05, 3.63) is 0 Å². The molecule has 0 aromatic carbocycles. The molecule has 0 aliphatic carbocycles. The zero-order chi connectivity index (χ0) is 9.03. The van der Waals surface area contributed by atoms with E-state index in [1.807, 2.05) is 0 Å². The molecule has 0 spiro atoms. The summed E-state index contributed by atoms with van der Waals surface area (Å²) in [6, 6.07) is 0. The molecule has 0 aromatic rings. The maximum atomic E-state index is 9.07. The van der Waals surface area contributed by atoms with Crippen LogP contribution < -0.4 is 5.32 Å². The molecule has 0 radical (unpaired) electrons. The Balaban J connectivity index is 2.25. The molecule has 3 heteroatoms. The Morgan fingerprint density at radius 2 is 2.42 bits per heavy atom. The smallest absolute Gasteiger partial charge is 0.0610 e. The fourth-order valence-electron chi connectivity index (χ4n) is 1.78. The minimum Gasteiger partial charge on any atom is -0.394 e. The highest BCUT2D eigenvalue weighted by Gasteiger charge is 2.33. The van der Waals surface area contributed by atoms with Crippen LogP contribution >= 0.6 is 0 Å². The summed E-state index contributed by atoms with van der Waals surface area (Å²) in [5.41, 5.74) is -0.0432. The van der Waals surface area contributed by atoms with Crippen LogP contribution in [0.5, 0.6) is 0 Å². The number of hydrogen-bond donors (Lipinski definition) is 2.